The fourth-order valence-corrected chi connectivity index (χ4v) is 5.25. The van der Waals surface area contributed by atoms with E-state index in [1.807, 2.05) is 54.6 Å². The van der Waals surface area contributed by atoms with Gasteiger partial charge in [0.25, 0.3) is 5.91 Å². The summed E-state index contributed by atoms with van der Waals surface area (Å²) < 4.78 is 2.83. The Morgan fingerprint density at radius 3 is 2.54 bits per heavy atom. The van der Waals surface area contributed by atoms with E-state index in [1.165, 1.54) is 5.56 Å². The van der Waals surface area contributed by atoms with Gasteiger partial charge in [0.2, 0.25) is 0 Å². The number of hydrogen-bond donors (Lipinski definition) is 1. The molecule has 3 nitrogen and oxygen atoms in total. The molecular weight excluding hydrogens is 500 g/mol. The lowest BCUT2D eigenvalue weighted by Crippen LogP contribution is -2.13. The maximum Gasteiger partial charge on any atom is 0.255 e. The number of nitrogens with one attached hydrogen (secondary N) is 1. The Bertz CT molecular complexity index is 1140. The second-order valence-electron chi connectivity index (χ2n) is 6.30. The molecule has 1 N–H and O–H groups in total. The zero-order valence-electron chi connectivity index (χ0n) is 15.0. The van der Waals surface area contributed by atoms with Crippen LogP contribution in [0.5, 0.6) is 0 Å². The molecule has 28 heavy (non-hydrogen) atoms. The number of para-hydroxylation sites is 1. The van der Waals surface area contributed by atoms with E-state index in [2.05, 4.69) is 50.2 Å². The van der Waals surface area contributed by atoms with Gasteiger partial charge in [0.05, 0.1) is 15.9 Å². The van der Waals surface area contributed by atoms with E-state index < -0.39 is 0 Å². The third-order valence-corrected chi connectivity index (χ3v) is 6.60. The average molecular weight is 516 g/mol. The number of rotatable bonds is 4. The van der Waals surface area contributed by atoms with Crippen molar-refractivity contribution < 1.29 is 4.79 Å². The molecule has 6 heteroatoms. The molecule has 0 bridgehead atoms. The van der Waals surface area contributed by atoms with Crippen LogP contribution < -0.4 is 5.32 Å². The number of benzene rings is 3. The Morgan fingerprint density at radius 1 is 1.07 bits per heavy atom. The van der Waals surface area contributed by atoms with Crippen molar-refractivity contribution in [2.75, 3.05) is 5.32 Å². The lowest BCUT2D eigenvalue weighted by Gasteiger charge is -2.13. The number of hydrogen-bond acceptors (Lipinski definition) is 3. The van der Waals surface area contributed by atoms with Gasteiger partial charge in [0.1, 0.15) is 5.01 Å². The molecule has 0 radical (unpaired) electrons. The predicted molar refractivity (Wildman–Crippen MR) is 124 cm³/mol. The number of carbonyl (C=O) groups is 1. The molecule has 0 aliphatic carbocycles. The fourth-order valence-electron chi connectivity index (χ4n) is 2.93. The van der Waals surface area contributed by atoms with Crippen LogP contribution in [0.1, 0.15) is 22.8 Å². The largest absolute Gasteiger partial charge is 0.320 e. The number of halogens is 2. The maximum atomic E-state index is 12.8. The van der Waals surface area contributed by atoms with Gasteiger partial charge >= 0.3 is 0 Å². The van der Waals surface area contributed by atoms with Crippen LogP contribution in [0, 0.1) is 0 Å². The van der Waals surface area contributed by atoms with Gasteiger partial charge in [-0.25, -0.2) is 4.98 Å². The van der Waals surface area contributed by atoms with Crippen molar-refractivity contribution in [2.24, 2.45) is 0 Å². The van der Waals surface area contributed by atoms with E-state index in [0.717, 1.165) is 36.2 Å². The number of thiazole rings is 1. The van der Waals surface area contributed by atoms with Crippen molar-refractivity contribution in [3.8, 4) is 10.6 Å². The van der Waals surface area contributed by atoms with Crippen molar-refractivity contribution in [3.63, 3.8) is 0 Å². The van der Waals surface area contributed by atoms with Crippen molar-refractivity contribution in [1.82, 2.24) is 4.98 Å². The van der Waals surface area contributed by atoms with Crippen LogP contribution in [0.4, 0.5) is 5.69 Å². The van der Waals surface area contributed by atoms with Crippen LogP contribution in [0.25, 0.3) is 20.8 Å². The van der Waals surface area contributed by atoms with E-state index in [0.29, 0.717) is 11.3 Å². The highest BCUT2D eigenvalue weighted by atomic mass is 79.9. The SMILES string of the molecule is CCc1ccc(C(=O)Nc2c(Br)cc(Br)cc2-c2nc3ccccc3s2)cc1. The smallest absolute Gasteiger partial charge is 0.255 e. The second kappa shape index (κ2) is 8.15. The lowest BCUT2D eigenvalue weighted by atomic mass is 10.1. The third kappa shape index (κ3) is 3.90. The Morgan fingerprint density at radius 2 is 1.82 bits per heavy atom. The average Bonchev–Trinajstić information content (AvgIpc) is 3.14. The first-order chi connectivity index (χ1) is 13.5. The number of aromatic nitrogens is 1. The zero-order chi connectivity index (χ0) is 19.7. The van der Waals surface area contributed by atoms with Gasteiger partial charge in [0.15, 0.2) is 0 Å². The van der Waals surface area contributed by atoms with Crippen LogP contribution >= 0.6 is 43.2 Å². The van der Waals surface area contributed by atoms with E-state index in [9.17, 15) is 4.79 Å². The lowest BCUT2D eigenvalue weighted by molar-refractivity contribution is 0.102. The van der Waals surface area contributed by atoms with Gasteiger partial charge < -0.3 is 5.32 Å². The molecule has 140 valence electrons. The molecule has 0 atom stereocenters. The summed E-state index contributed by atoms with van der Waals surface area (Å²) in [6.45, 7) is 2.10. The minimum atomic E-state index is -0.145. The zero-order valence-corrected chi connectivity index (χ0v) is 19.0. The van der Waals surface area contributed by atoms with Gasteiger partial charge in [0, 0.05) is 20.1 Å². The number of carbonyl (C=O) groups excluding carboxylic acids is 1. The summed E-state index contributed by atoms with van der Waals surface area (Å²) in [4.78, 5) is 17.6. The standard InChI is InChI=1S/C22H16Br2N2OS/c1-2-13-7-9-14(10-8-13)21(27)26-20-16(11-15(23)12-17(20)24)22-25-18-5-3-4-6-19(18)28-22/h3-12H,2H2,1H3,(H,26,27). The van der Waals surface area contributed by atoms with Crippen molar-refractivity contribution in [3.05, 3.63) is 80.7 Å². The first kappa shape index (κ1) is 19.3. The first-order valence-corrected chi connectivity index (χ1v) is 11.2. The van der Waals surface area contributed by atoms with E-state index in [1.54, 1.807) is 11.3 Å². The molecule has 1 heterocycles. The summed E-state index contributed by atoms with van der Waals surface area (Å²) in [6, 6.07) is 19.6. The van der Waals surface area contributed by atoms with Crippen LogP contribution in [0.2, 0.25) is 0 Å². The minimum Gasteiger partial charge on any atom is -0.320 e. The molecule has 1 aromatic heterocycles. The second-order valence-corrected chi connectivity index (χ2v) is 9.10. The van der Waals surface area contributed by atoms with Gasteiger partial charge in [-0.3, -0.25) is 4.79 Å². The summed E-state index contributed by atoms with van der Waals surface area (Å²) in [6.07, 6.45) is 0.946. The highest BCUT2D eigenvalue weighted by molar-refractivity contribution is 9.11. The van der Waals surface area contributed by atoms with Crippen LogP contribution in [-0.2, 0) is 6.42 Å². The normalized spacial score (nSPS) is 11.0. The number of nitrogens with zero attached hydrogens (tertiary/aromatic N) is 1. The third-order valence-electron chi connectivity index (χ3n) is 4.44. The molecule has 4 aromatic rings. The summed E-state index contributed by atoms with van der Waals surface area (Å²) in [5.41, 5.74) is 4.37. The van der Waals surface area contributed by atoms with Gasteiger partial charge in [-0.15, -0.1) is 11.3 Å². The molecule has 0 fully saturated rings. The molecule has 4 rings (SSSR count). The van der Waals surface area contributed by atoms with Crippen LogP contribution in [0.3, 0.4) is 0 Å². The number of fused-ring (bicyclic) bond motifs is 1. The molecular formula is C22H16Br2N2OS. The topological polar surface area (TPSA) is 42.0 Å². The maximum absolute atomic E-state index is 12.8. The highest BCUT2D eigenvalue weighted by Crippen LogP contribution is 2.40. The molecule has 0 aliphatic rings. The molecule has 1 amide bonds. The van der Waals surface area contributed by atoms with Crippen molar-refractivity contribution in [1.29, 1.82) is 0 Å². The van der Waals surface area contributed by atoms with Crippen molar-refractivity contribution in [2.45, 2.75) is 13.3 Å². The molecule has 0 saturated carbocycles. The van der Waals surface area contributed by atoms with E-state index in [-0.39, 0.29) is 5.91 Å². The Kier molecular flexibility index (Phi) is 5.62. The summed E-state index contributed by atoms with van der Waals surface area (Å²) in [5, 5.41) is 3.92. The minimum absolute atomic E-state index is 0.145. The number of anilines is 1. The molecule has 0 aliphatic heterocycles. The molecule has 0 saturated heterocycles. The summed E-state index contributed by atoms with van der Waals surface area (Å²) in [7, 11) is 0. The first-order valence-electron chi connectivity index (χ1n) is 8.80. The Labute approximate surface area is 184 Å². The van der Waals surface area contributed by atoms with Gasteiger partial charge in [-0.05, 0) is 64.3 Å². The van der Waals surface area contributed by atoms with Crippen LogP contribution in [0.15, 0.2) is 69.6 Å². The quantitative estimate of drug-likeness (QED) is 0.309. The molecule has 0 spiro atoms. The number of amides is 1. The van der Waals surface area contributed by atoms with Crippen molar-refractivity contribution >= 4 is 65.0 Å². The highest BCUT2D eigenvalue weighted by Gasteiger charge is 2.17. The van der Waals surface area contributed by atoms with E-state index >= 15 is 0 Å². The molecule has 0 unspecified atom stereocenters. The Balaban J connectivity index is 1.74. The number of aryl methyl sites for hydroxylation is 1. The predicted octanol–water partition coefficient (Wildman–Crippen LogP) is 7.30. The fraction of sp³-hybridized carbons (Fsp3) is 0.0909. The Hall–Kier alpha value is -2.02. The summed E-state index contributed by atoms with van der Waals surface area (Å²) in [5.74, 6) is -0.145. The summed E-state index contributed by atoms with van der Waals surface area (Å²) >= 11 is 8.75. The monoisotopic (exact) mass is 514 g/mol. The van der Waals surface area contributed by atoms with Gasteiger partial charge in [-0.2, -0.15) is 0 Å². The van der Waals surface area contributed by atoms with E-state index in [4.69, 9.17) is 4.98 Å². The van der Waals surface area contributed by atoms with Crippen LogP contribution in [-0.4, -0.2) is 10.9 Å². The molecule has 3 aromatic carbocycles. The van der Waals surface area contributed by atoms with Gasteiger partial charge in [-0.1, -0.05) is 47.1 Å².